The van der Waals surface area contributed by atoms with E-state index >= 15 is 0 Å². The number of anilines is 2. The first-order chi connectivity index (χ1) is 15.5. The van der Waals surface area contributed by atoms with Crippen molar-refractivity contribution >= 4 is 34.0 Å². The second kappa shape index (κ2) is 10.3. The Labute approximate surface area is 191 Å². The van der Waals surface area contributed by atoms with E-state index in [1.54, 1.807) is 22.4 Å². The van der Waals surface area contributed by atoms with Gasteiger partial charge in [-0.1, -0.05) is 12.1 Å². The zero-order valence-corrected chi connectivity index (χ0v) is 19.1. The third-order valence-electron chi connectivity index (χ3n) is 5.90. The molecule has 2 amide bonds. The topological polar surface area (TPSA) is 72.0 Å². The number of thiazole rings is 1. The molecule has 0 aliphatic carbocycles. The monoisotopic (exact) mass is 460 g/mol. The SMILES string of the molecule is CCNc1nc(C(=O)N2CCN(CC(=O)N3CCN(c4ccccc4F)CC3)CC2)cs1. The predicted molar refractivity (Wildman–Crippen MR) is 124 cm³/mol. The Morgan fingerprint density at radius 1 is 1.03 bits per heavy atom. The molecule has 2 fully saturated rings. The first-order valence-electron chi connectivity index (χ1n) is 11.0. The van der Waals surface area contributed by atoms with Crippen LogP contribution in [-0.2, 0) is 4.79 Å². The van der Waals surface area contributed by atoms with E-state index in [4.69, 9.17) is 0 Å². The Kier molecular flexibility index (Phi) is 7.21. The van der Waals surface area contributed by atoms with Crippen molar-refractivity contribution in [3.8, 4) is 0 Å². The van der Waals surface area contributed by atoms with Crippen LogP contribution < -0.4 is 10.2 Å². The van der Waals surface area contributed by atoms with Gasteiger partial charge in [-0.2, -0.15) is 0 Å². The Morgan fingerprint density at radius 3 is 2.41 bits per heavy atom. The van der Waals surface area contributed by atoms with Crippen molar-refractivity contribution in [1.29, 1.82) is 0 Å². The second-order valence-electron chi connectivity index (χ2n) is 7.96. The minimum Gasteiger partial charge on any atom is -0.366 e. The van der Waals surface area contributed by atoms with Crippen LogP contribution in [0.5, 0.6) is 0 Å². The number of amides is 2. The quantitative estimate of drug-likeness (QED) is 0.709. The van der Waals surface area contributed by atoms with Crippen molar-refractivity contribution in [3.63, 3.8) is 0 Å². The summed E-state index contributed by atoms with van der Waals surface area (Å²) in [6.45, 7) is 8.03. The smallest absolute Gasteiger partial charge is 0.273 e. The third-order valence-corrected chi connectivity index (χ3v) is 6.70. The maximum atomic E-state index is 14.0. The van der Waals surface area contributed by atoms with E-state index in [1.165, 1.54) is 17.4 Å². The number of rotatable bonds is 6. The van der Waals surface area contributed by atoms with Gasteiger partial charge in [-0.25, -0.2) is 9.37 Å². The van der Waals surface area contributed by atoms with E-state index in [-0.39, 0.29) is 17.6 Å². The van der Waals surface area contributed by atoms with Crippen LogP contribution in [0.15, 0.2) is 29.6 Å². The number of benzene rings is 1. The highest BCUT2D eigenvalue weighted by molar-refractivity contribution is 7.13. The summed E-state index contributed by atoms with van der Waals surface area (Å²) in [5.41, 5.74) is 1.07. The number of nitrogens with zero attached hydrogens (tertiary/aromatic N) is 5. The molecule has 4 rings (SSSR count). The number of aromatic nitrogens is 1. The fourth-order valence-electron chi connectivity index (χ4n) is 4.07. The Balaban J connectivity index is 1.22. The summed E-state index contributed by atoms with van der Waals surface area (Å²) in [6, 6.07) is 6.76. The fraction of sp³-hybridized carbons (Fsp3) is 0.500. The van der Waals surface area contributed by atoms with Gasteiger partial charge in [0.25, 0.3) is 5.91 Å². The molecule has 0 unspecified atom stereocenters. The molecule has 0 spiro atoms. The van der Waals surface area contributed by atoms with Gasteiger partial charge in [-0.05, 0) is 19.1 Å². The first kappa shape index (κ1) is 22.5. The number of para-hydroxylation sites is 1. The highest BCUT2D eigenvalue weighted by atomic mass is 32.1. The van der Waals surface area contributed by atoms with Gasteiger partial charge < -0.3 is 20.0 Å². The summed E-state index contributed by atoms with van der Waals surface area (Å²) >= 11 is 1.44. The molecule has 2 aliphatic heterocycles. The van der Waals surface area contributed by atoms with Crippen molar-refractivity contribution < 1.29 is 14.0 Å². The number of carbonyl (C=O) groups excluding carboxylic acids is 2. The van der Waals surface area contributed by atoms with Gasteiger partial charge in [0.15, 0.2) is 5.13 Å². The number of carbonyl (C=O) groups is 2. The van der Waals surface area contributed by atoms with Crippen molar-refractivity contribution in [3.05, 3.63) is 41.2 Å². The van der Waals surface area contributed by atoms with Crippen molar-refractivity contribution in [1.82, 2.24) is 19.7 Å². The van der Waals surface area contributed by atoms with E-state index < -0.39 is 0 Å². The second-order valence-corrected chi connectivity index (χ2v) is 8.81. The van der Waals surface area contributed by atoms with E-state index in [0.29, 0.717) is 70.3 Å². The summed E-state index contributed by atoms with van der Waals surface area (Å²) in [6.07, 6.45) is 0. The van der Waals surface area contributed by atoms with Gasteiger partial charge >= 0.3 is 0 Å². The molecule has 0 bridgehead atoms. The molecule has 0 atom stereocenters. The molecule has 0 radical (unpaired) electrons. The van der Waals surface area contributed by atoms with Crippen molar-refractivity contribution in [2.75, 3.05) is 75.7 Å². The lowest BCUT2D eigenvalue weighted by molar-refractivity contribution is -0.133. The average Bonchev–Trinajstić information content (AvgIpc) is 3.28. The van der Waals surface area contributed by atoms with Gasteiger partial charge in [-0.15, -0.1) is 11.3 Å². The number of hydrogen-bond acceptors (Lipinski definition) is 7. The molecule has 10 heteroatoms. The third kappa shape index (κ3) is 5.18. The summed E-state index contributed by atoms with van der Waals surface area (Å²) in [5, 5.41) is 5.67. The lowest BCUT2D eigenvalue weighted by atomic mass is 10.2. The van der Waals surface area contributed by atoms with Gasteiger partial charge in [0.1, 0.15) is 11.5 Å². The summed E-state index contributed by atoms with van der Waals surface area (Å²) < 4.78 is 14.0. The van der Waals surface area contributed by atoms with E-state index in [1.807, 2.05) is 22.8 Å². The van der Waals surface area contributed by atoms with Gasteiger partial charge in [0.05, 0.1) is 12.2 Å². The molecule has 172 valence electrons. The molecular formula is C22H29FN6O2S. The highest BCUT2D eigenvalue weighted by Crippen LogP contribution is 2.20. The van der Waals surface area contributed by atoms with Gasteiger partial charge in [-0.3, -0.25) is 14.5 Å². The molecule has 0 saturated carbocycles. The number of halogens is 1. The zero-order chi connectivity index (χ0) is 22.5. The van der Waals surface area contributed by atoms with Crippen LogP contribution in [0.2, 0.25) is 0 Å². The molecule has 8 nitrogen and oxygen atoms in total. The highest BCUT2D eigenvalue weighted by Gasteiger charge is 2.27. The maximum Gasteiger partial charge on any atom is 0.273 e. The standard InChI is InChI=1S/C22H29FN6O2S/c1-2-24-22-25-18(16-32-22)21(31)29-9-7-26(8-10-29)15-20(30)28-13-11-27(12-14-28)19-6-4-3-5-17(19)23/h3-6,16H,2,7-15H2,1H3,(H,24,25). The largest absolute Gasteiger partial charge is 0.366 e. The molecule has 2 aromatic rings. The predicted octanol–water partition coefficient (Wildman–Crippen LogP) is 1.82. The zero-order valence-electron chi connectivity index (χ0n) is 18.3. The number of hydrogen-bond donors (Lipinski definition) is 1. The van der Waals surface area contributed by atoms with Crippen LogP contribution in [0.25, 0.3) is 0 Å². The molecule has 32 heavy (non-hydrogen) atoms. The summed E-state index contributed by atoms with van der Waals surface area (Å²) in [4.78, 5) is 37.6. The van der Waals surface area contributed by atoms with Gasteiger partial charge in [0, 0.05) is 64.3 Å². The van der Waals surface area contributed by atoms with Crippen LogP contribution in [0, 0.1) is 5.82 Å². The minimum absolute atomic E-state index is 0.0550. The van der Waals surface area contributed by atoms with Gasteiger partial charge in [0.2, 0.25) is 5.91 Å². The van der Waals surface area contributed by atoms with Crippen molar-refractivity contribution in [2.24, 2.45) is 0 Å². The fourth-order valence-corrected chi connectivity index (χ4v) is 4.83. The van der Waals surface area contributed by atoms with E-state index in [9.17, 15) is 14.0 Å². The summed E-state index contributed by atoms with van der Waals surface area (Å²) in [7, 11) is 0. The number of nitrogens with one attached hydrogen (secondary N) is 1. The Bertz CT molecular complexity index is 938. The molecule has 1 aromatic heterocycles. The molecule has 3 heterocycles. The lowest BCUT2D eigenvalue weighted by Gasteiger charge is -2.38. The van der Waals surface area contributed by atoms with Crippen LogP contribution in [0.3, 0.4) is 0 Å². The normalized spacial score (nSPS) is 17.5. The average molecular weight is 461 g/mol. The molecule has 2 aliphatic rings. The van der Waals surface area contributed by atoms with Crippen LogP contribution in [-0.4, -0.2) is 96.9 Å². The number of piperazine rings is 2. The molecule has 1 aromatic carbocycles. The Morgan fingerprint density at radius 2 is 1.72 bits per heavy atom. The van der Waals surface area contributed by atoms with Crippen molar-refractivity contribution in [2.45, 2.75) is 6.92 Å². The lowest BCUT2D eigenvalue weighted by Crippen LogP contribution is -2.54. The molecular weight excluding hydrogens is 431 g/mol. The van der Waals surface area contributed by atoms with Crippen LogP contribution in [0.1, 0.15) is 17.4 Å². The summed E-state index contributed by atoms with van der Waals surface area (Å²) in [5.74, 6) is -0.191. The first-order valence-corrected chi connectivity index (χ1v) is 11.9. The van der Waals surface area contributed by atoms with E-state index in [0.717, 1.165) is 11.7 Å². The van der Waals surface area contributed by atoms with Crippen LogP contribution >= 0.6 is 11.3 Å². The maximum absolute atomic E-state index is 14.0. The minimum atomic E-state index is -0.227. The molecule has 2 saturated heterocycles. The Hall–Kier alpha value is -2.72. The van der Waals surface area contributed by atoms with E-state index in [2.05, 4.69) is 15.2 Å². The van der Waals surface area contributed by atoms with Crippen LogP contribution in [0.4, 0.5) is 15.2 Å². The molecule has 1 N–H and O–H groups in total.